The van der Waals surface area contributed by atoms with Crippen molar-refractivity contribution in [1.82, 2.24) is 0 Å². The third-order valence-electron chi connectivity index (χ3n) is 4.18. The van der Waals surface area contributed by atoms with Crippen LogP contribution >= 0.6 is 0 Å². The summed E-state index contributed by atoms with van der Waals surface area (Å²) in [6.07, 6.45) is 1.57. The maximum Gasteiger partial charge on any atom is 0.232 e. The molecule has 0 bridgehead atoms. The lowest BCUT2D eigenvalue weighted by atomic mass is 9.97. The van der Waals surface area contributed by atoms with Crippen molar-refractivity contribution in [1.29, 1.82) is 0 Å². The van der Waals surface area contributed by atoms with Gasteiger partial charge in [0.2, 0.25) is 5.69 Å². The highest BCUT2D eigenvalue weighted by Crippen LogP contribution is 2.35. The fourth-order valence-electron chi connectivity index (χ4n) is 3.12. The number of ether oxygens (including phenoxy) is 1. The Balaban J connectivity index is 2.14. The van der Waals surface area contributed by atoms with E-state index in [2.05, 4.69) is 0 Å². The second-order valence-electron chi connectivity index (χ2n) is 5.44. The molecule has 3 aromatic carbocycles. The highest BCUT2D eigenvalue weighted by atomic mass is 16.5. The van der Waals surface area contributed by atoms with Gasteiger partial charge in [-0.15, -0.1) is 0 Å². The van der Waals surface area contributed by atoms with Gasteiger partial charge >= 0.3 is 0 Å². The molecule has 0 amide bonds. The number of methoxy groups -OCH3 is 1. The zero-order valence-electron chi connectivity index (χ0n) is 12.7. The number of aromatic nitrogens is 1. The molecule has 3 nitrogen and oxygen atoms in total. The van der Waals surface area contributed by atoms with Gasteiger partial charge in [-0.2, -0.15) is 4.73 Å². The van der Waals surface area contributed by atoms with Crippen LogP contribution in [0.5, 0.6) is 5.75 Å². The predicted molar refractivity (Wildman–Crippen MR) is 92.4 cm³/mol. The molecule has 1 heterocycles. The molecule has 4 aromatic rings. The van der Waals surface area contributed by atoms with Crippen molar-refractivity contribution in [3.05, 3.63) is 78.1 Å². The molecule has 0 saturated carbocycles. The van der Waals surface area contributed by atoms with Crippen LogP contribution < -0.4 is 9.47 Å². The van der Waals surface area contributed by atoms with Crippen LogP contribution in [0.4, 0.5) is 0 Å². The van der Waals surface area contributed by atoms with Crippen molar-refractivity contribution in [2.75, 3.05) is 7.11 Å². The molecule has 0 aliphatic heterocycles. The van der Waals surface area contributed by atoms with Crippen molar-refractivity contribution in [3.8, 4) is 17.0 Å². The van der Waals surface area contributed by atoms with Crippen LogP contribution in [-0.4, -0.2) is 7.11 Å². The lowest BCUT2D eigenvalue weighted by Gasteiger charge is -2.12. The molecule has 0 saturated heterocycles. The quantitative estimate of drug-likeness (QED) is 0.409. The summed E-state index contributed by atoms with van der Waals surface area (Å²) in [5.74, 6) is 0.807. The lowest BCUT2D eigenvalue weighted by molar-refractivity contribution is -0.592. The van der Waals surface area contributed by atoms with Gasteiger partial charge in [-0.05, 0) is 29.0 Å². The van der Waals surface area contributed by atoms with E-state index in [0.717, 1.165) is 37.6 Å². The van der Waals surface area contributed by atoms with E-state index in [-0.39, 0.29) is 0 Å². The summed E-state index contributed by atoms with van der Waals surface area (Å²) >= 11 is 0. The Morgan fingerprint density at radius 2 is 1.48 bits per heavy atom. The van der Waals surface area contributed by atoms with Gasteiger partial charge in [-0.3, -0.25) is 0 Å². The molecule has 0 radical (unpaired) electrons. The van der Waals surface area contributed by atoms with Gasteiger partial charge in [-0.1, -0.05) is 42.5 Å². The SMILES string of the molecule is COc1ccc(-c2c3ccccc3cc[n+]2[O-])c2ccccc12. The van der Waals surface area contributed by atoms with Crippen LogP contribution in [0.3, 0.4) is 0 Å². The Labute approximate surface area is 134 Å². The largest absolute Gasteiger partial charge is 0.618 e. The molecule has 3 heteroatoms. The van der Waals surface area contributed by atoms with Gasteiger partial charge in [0.25, 0.3) is 0 Å². The summed E-state index contributed by atoms with van der Waals surface area (Å²) in [5.41, 5.74) is 1.58. The first-order valence-corrected chi connectivity index (χ1v) is 7.46. The molecule has 0 atom stereocenters. The van der Waals surface area contributed by atoms with Crippen LogP contribution in [0.15, 0.2) is 72.9 Å². The molecule has 0 aliphatic carbocycles. The number of benzene rings is 3. The number of rotatable bonds is 2. The van der Waals surface area contributed by atoms with E-state index < -0.39 is 0 Å². The second kappa shape index (κ2) is 5.29. The van der Waals surface area contributed by atoms with Gasteiger partial charge in [0, 0.05) is 11.5 Å². The van der Waals surface area contributed by atoms with Crippen molar-refractivity contribution < 1.29 is 9.47 Å². The van der Waals surface area contributed by atoms with Crippen molar-refractivity contribution in [2.45, 2.75) is 0 Å². The third kappa shape index (κ3) is 2.09. The Morgan fingerprint density at radius 3 is 2.26 bits per heavy atom. The number of hydrogen-bond donors (Lipinski definition) is 0. The van der Waals surface area contributed by atoms with Crippen LogP contribution in [0, 0.1) is 5.21 Å². The van der Waals surface area contributed by atoms with Crippen LogP contribution in [-0.2, 0) is 0 Å². The van der Waals surface area contributed by atoms with Crippen molar-refractivity contribution >= 4 is 21.5 Å². The van der Waals surface area contributed by atoms with Crippen LogP contribution in [0.1, 0.15) is 0 Å². The minimum atomic E-state index is 0.668. The summed E-state index contributed by atoms with van der Waals surface area (Å²) in [6, 6.07) is 21.6. The lowest BCUT2D eigenvalue weighted by Crippen LogP contribution is -2.28. The summed E-state index contributed by atoms with van der Waals surface area (Å²) < 4.78 is 6.39. The molecule has 0 N–H and O–H groups in total. The molecule has 112 valence electrons. The Bertz CT molecular complexity index is 1020. The van der Waals surface area contributed by atoms with Gasteiger partial charge in [0.15, 0.2) is 6.20 Å². The Morgan fingerprint density at radius 1 is 0.783 bits per heavy atom. The van der Waals surface area contributed by atoms with Crippen molar-refractivity contribution in [2.24, 2.45) is 0 Å². The number of pyridine rings is 1. The zero-order valence-corrected chi connectivity index (χ0v) is 12.7. The number of fused-ring (bicyclic) bond motifs is 2. The number of nitrogens with zero attached hydrogens (tertiary/aromatic N) is 1. The molecule has 23 heavy (non-hydrogen) atoms. The van der Waals surface area contributed by atoms with Crippen LogP contribution in [0.25, 0.3) is 32.8 Å². The third-order valence-corrected chi connectivity index (χ3v) is 4.18. The zero-order chi connectivity index (χ0) is 15.8. The molecule has 0 fully saturated rings. The maximum atomic E-state index is 12.5. The summed E-state index contributed by atoms with van der Waals surface area (Å²) in [5, 5.41) is 16.5. The Kier molecular flexibility index (Phi) is 3.12. The van der Waals surface area contributed by atoms with E-state index in [9.17, 15) is 5.21 Å². The normalized spacial score (nSPS) is 11.0. The van der Waals surface area contributed by atoms with E-state index in [1.807, 2.05) is 66.7 Å². The average Bonchev–Trinajstić information content (AvgIpc) is 2.61. The molecular formula is C20H15NO2. The highest BCUT2D eigenvalue weighted by molar-refractivity contribution is 6.04. The van der Waals surface area contributed by atoms with Gasteiger partial charge in [-0.25, -0.2) is 0 Å². The minimum Gasteiger partial charge on any atom is -0.618 e. The molecule has 0 unspecified atom stereocenters. The van der Waals surface area contributed by atoms with Gasteiger partial charge in [0.05, 0.1) is 18.1 Å². The van der Waals surface area contributed by atoms with E-state index in [1.54, 1.807) is 13.3 Å². The van der Waals surface area contributed by atoms with Crippen molar-refractivity contribution in [3.63, 3.8) is 0 Å². The van der Waals surface area contributed by atoms with Crippen LogP contribution in [0.2, 0.25) is 0 Å². The standard InChI is InChI=1S/C20H15NO2/c1-23-19-11-10-18(16-8-4-5-9-17(16)19)20-15-7-3-2-6-14(15)12-13-21(20)22/h2-13H,1H3. The topological polar surface area (TPSA) is 36.2 Å². The second-order valence-corrected chi connectivity index (χ2v) is 5.44. The molecule has 1 aromatic heterocycles. The van der Waals surface area contributed by atoms with Gasteiger partial charge in [0.1, 0.15) is 5.75 Å². The predicted octanol–water partition coefficient (Wildman–Crippen LogP) is 4.30. The van der Waals surface area contributed by atoms with Gasteiger partial charge < -0.3 is 9.94 Å². The maximum absolute atomic E-state index is 12.5. The molecular weight excluding hydrogens is 286 g/mol. The van der Waals surface area contributed by atoms with E-state index in [1.165, 1.54) is 0 Å². The smallest absolute Gasteiger partial charge is 0.232 e. The summed E-state index contributed by atoms with van der Waals surface area (Å²) in [4.78, 5) is 0. The van der Waals surface area contributed by atoms with E-state index >= 15 is 0 Å². The number of hydrogen-bond acceptors (Lipinski definition) is 2. The highest BCUT2D eigenvalue weighted by Gasteiger charge is 2.17. The fourth-order valence-corrected chi connectivity index (χ4v) is 3.12. The van der Waals surface area contributed by atoms with E-state index in [4.69, 9.17) is 4.74 Å². The minimum absolute atomic E-state index is 0.668. The fraction of sp³-hybridized carbons (Fsp3) is 0.0500. The summed E-state index contributed by atoms with van der Waals surface area (Å²) in [7, 11) is 1.66. The molecule has 4 rings (SSSR count). The first kappa shape index (κ1) is 13.6. The van der Waals surface area contributed by atoms with E-state index in [0.29, 0.717) is 5.69 Å². The summed E-state index contributed by atoms with van der Waals surface area (Å²) in [6.45, 7) is 0. The average molecular weight is 301 g/mol. The molecule has 0 spiro atoms. The monoisotopic (exact) mass is 301 g/mol. The first-order chi connectivity index (χ1) is 11.3. The molecule has 0 aliphatic rings. The Hall–Kier alpha value is -3.07. The first-order valence-electron chi connectivity index (χ1n) is 7.46.